The van der Waals surface area contributed by atoms with Crippen LogP contribution in [-0.2, 0) is 0 Å². The van der Waals surface area contributed by atoms with E-state index < -0.39 is 18.4 Å². The van der Waals surface area contributed by atoms with E-state index in [1.165, 1.54) is 0 Å². The van der Waals surface area contributed by atoms with Crippen LogP contribution in [-0.4, -0.2) is 47.8 Å². The molecular weight excluding hydrogens is 452 g/mol. The lowest BCUT2D eigenvalue weighted by molar-refractivity contribution is -0.0280. The minimum absolute atomic E-state index is 0.157. The predicted molar refractivity (Wildman–Crippen MR) is 130 cm³/mol. The third kappa shape index (κ3) is 4.82. The molecule has 1 saturated heterocycles. The zero-order chi connectivity index (χ0) is 24.5. The van der Waals surface area contributed by atoms with Gasteiger partial charge in [-0.25, -0.2) is 8.78 Å². The standard InChI is InChI=1S/C28H27F2NO4/c1-17-24-14-22(33)7-10-25(24)35-27(26(17)19-3-2-4-21(32)13-19)18-5-8-23(9-6-18)34-12-11-31-15-20(16-31)28(29)30/h2-10,13-14,20,27-28,32-33H,11-12,15-16H2,1H3/t27-/m1/s1. The van der Waals surface area contributed by atoms with E-state index in [0.717, 1.165) is 27.8 Å². The number of rotatable bonds is 7. The molecule has 0 amide bonds. The van der Waals surface area contributed by atoms with E-state index in [2.05, 4.69) is 0 Å². The Morgan fingerprint density at radius 2 is 1.74 bits per heavy atom. The van der Waals surface area contributed by atoms with Crippen molar-refractivity contribution in [2.45, 2.75) is 19.5 Å². The number of aromatic hydroxyl groups is 2. The first-order chi connectivity index (χ1) is 16.9. The fraction of sp³-hybridized carbons (Fsp3) is 0.286. The summed E-state index contributed by atoms with van der Waals surface area (Å²) in [6, 6.07) is 19.7. The smallest absolute Gasteiger partial charge is 0.243 e. The summed E-state index contributed by atoms with van der Waals surface area (Å²) in [4.78, 5) is 1.96. The van der Waals surface area contributed by atoms with E-state index in [1.807, 2.05) is 42.2 Å². The summed E-state index contributed by atoms with van der Waals surface area (Å²) in [5.74, 6) is 1.17. The number of ether oxygens (including phenoxy) is 2. The molecular formula is C28H27F2NO4. The van der Waals surface area contributed by atoms with Crippen molar-refractivity contribution in [2.75, 3.05) is 26.2 Å². The lowest BCUT2D eigenvalue weighted by Gasteiger charge is -2.38. The Bertz CT molecular complexity index is 1240. The molecule has 2 aliphatic rings. The van der Waals surface area contributed by atoms with Crippen molar-refractivity contribution >= 4 is 11.1 Å². The van der Waals surface area contributed by atoms with Gasteiger partial charge in [-0.05, 0) is 66.1 Å². The van der Waals surface area contributed by atoms with Gasteiger partial charge in [-0.15, -0.1) is 0 Å². The van der Waals surface area contributed by atoms with E-state index in [0.29, 0.717) is 37.7 Å². The lowest BCUT2D eigenvalue weighted by Crippen LogP contribution is -2.51. The summed E-state index contributed by atoms with van der Waals surface area (Å²) >= 11 is 0. The quantitative estimate of drug-likeness (QED) is 0.453. The molecule has 0 saturated carbocycles. The van der Waals surface area contributed by atoms with Crippen LogP contribution in [0.3, 0.4) is 0 Å². The molecule has 2 heterocycles. The monoisotopic (exact) mass is 479 g/mol. The molecule has 182 valence electrons. The Morgan fingerprint density at radius 3 is 2.46 bits per heavy atom. The highest BCUT2D eigenvalue weighted by molar-refractivity contribution is 5.95. The maximum absolute atomic E-state index is 12.6. The second-order valence-corrected chi connectivity index (χ2v) is 9.04. The van der Waals surface area contributed by atoms with Crippen LogP contribution in [0.5, 0.6) is 23.0 Å². The van der Waals surface area contributed by atoms with Gasteiger partial charge in [-0.1, -0.05) is 24.3 Å². The van der Waals surface area contributed by atoms with E-state index >= 15 is 0 Å². The van der Waals surface area contributed by atoms with Crippen LogP contribution >= 0.6 is 0 Å². The Kier molecular flexibility index (Phi) is 6.34. The number of fused-ring (bicyclic) bond motifs is 1. The van der Waals surface area contributed by atoms with Gasteiger partial charge in [-0.3, -0.25) is 4.90 Å². The van der Waals surface area contributed by atoms with Crippen LogP contribution in [0.15, 0.2) is 66.7 Å². The third-order valence-corrected chi connectivity index (χ3v) is 6.64. The van der Waals surface area contributed by atoms with Crippen molar-refractivity contribution < 1.29 is 28.5 Å². The molecule has 0 bridgehead atoms. The average molecular weight is 480 g/mol. The Balaban J connectivity index is 1.35. The predicted octanol–water partition coefficient (Wildman–Crippen LogP) is 5.74. The van der Waals surface area contributed by atoms with Crippen molar-refractivity contribution in [2.24, 2.45) is 5.92 Å². The molecule has 1 atom stereocenters. The van der Waals surface area contributed by atoms with Gasteiger partial charge in [0.2, 0.25) is 6.43 Å². The number of likely N-dealkylation sites (tertiary alicyclic amines) is 1. The van der Waals surface area contributed by atoms with Gasteiger partial charge >= 0.3 is 0 Å². The molecule has 0 aliphatic carbocycles. The van der Waals surface area contributed by atoms with E-state index in [-0.39, 0.29) is 11.5 Å². The maximum Gasteiger partial charge on any atom is 0.243 e. The number of alkyl halides is 2. The number of nitrogens with zero attached hydrogens (tertiary/aromatic N) is 1. The molecule has 3 aromatic carbocycles. The van der Waals surface area contributed by atoms with Crippen LogP contribution in [0.1, 0.15) is 29.7 Å². The summed E-state index contributed by atoms with van der Waals surface area (Å²) < 4.78 is 37.5. The Hall–Kier alpha value is -3.58. The van der Waals surface area contributed by atoms with Crippen molar-refractivity contribution in [3.63, 3.8) is 0 Å². The van der Waals surface area contributed by atoms with Crippen LogP contribution in [0, 0.1) is 5.92 Å². The zero-order valence-corrected chi connectivity index (χ0v) is 19.3. The van der Waals surface area contributed by atoms with Crippen molar-refractivity contribution in [3.8, 4) is 23.0 Å². The number of halogens is 2. The minimum Gasteiger partial charge on any atom is -0.508 e. The highest BCUT2D eigenvalue weighted by atomic mass is 19.3. The van der Waals surface area contributed by atoms with Crippen LogP contribution < -0.4 is 9.47 Å². The molecule has 2 aliphatic heterocycles. The molecule has 2 N–H and O–H groups in total. The average Bonchev–Trinajstić information content (AvgIpc) is 2.81. The maximum atomic E-state index is 12.6. The topological polar surface area (TPSA) is 62.2 Å². The number of benzene rings is 3. The first-order valence-electron chi connectivity index (χ1n) is 11.6. The van der Waals surface area contributed by atoms with Crippen LogP contribution in [0.4, 0.5) is 8.78 Å². The summed E-state index contributed by atoms with van der Waals surface area (Å²) in [6.07, 6.45) is -2.67. The van der Waals surface area contributed by atoms with Gasteiger partial charge in [0.05, 0.1) is 0 Å². The molecule has 35 heavy (non-hydrogen) atoms. The van der Waals surface area contributed by atoms with Crippen molar-refractivity contribution in [1.82, 2.24) is 4.90 Å². The summed E-state index contributed by atoms with van der Waals surface area (Å²) in [5, 5.41) is 20.1. The Labute approximate surface area is 202 Å². The molecule has 0 spiro atoms. The molecule has 0 radical (unpaired) electrons. The molecule has 3 aromatic rings. The molecule has 5 nitrogen and oxygen atoms in total. The second-order valence-electron chi connectivity index (χ2n) is 9.04. The summed E-state index contributed by atoms with van der Waals surface area (Å²) in [5.41, 5.74) is 4.41. The van der Waals surface area contributed by atoms with Gasteiger partial charge in [0.1, 0.15) is 35.7 Å². The van der Waals surface area contributed by atoms with E-state index in [1.54, 1.807) is 36.4 Å². The summed E-state index contributed by atoms with van der Waals surface area (Å²) in [6.45, 7) is 3.87. The first kappa shape index (κ1) is 23.2. The second kappa shape index (κ2) is 9.58. The van der Waals surface area contributed by atoms with E-state index in [9.17, 15) is 19.0 Å². The molecule has 7 heteroatoms. The molecule has 0 unspecified atom stereocenters. The van der Waals surface area contributed by atoms with Crippen molar-refractivity contribution in [3.05, 3.63) is 83.4 Å². The van der Waals surface area contributed by atoms with Crippen LogP contribution in [0.25, 0.3) is 11.1 Å². The number of allylic oxidation sites excluding steroid dienone is 1. The largest absolute Gasteiger partial charge is 0.508 e. The third-order valence-electron chi connectivity index (χ3n) is 6.64. The minimum atomic E-state index is -2.25. The van der Waals surface area contributed by atoms with Gasteiger partial charge in [0.25, 0.3) is 0 Å². The number of hydrogen-bond donors (Lipinski definition) is 2. The van der Waals surface area contributed by atoms with Gasteiger partial charge in [0, 0.05) is 36.7 Å². The van der Waals surface area contributed by atoms with Gasteiger partial charge < -0.3 is 19.7 Å². The lowest BCUT2D eigenvalue weighted by atomic mass is 9.86. The van der Waals surface area contributed by atoms with Gasteiger partial charge in [-0.2, -0.15) is 0 Å². The summed E-state index contributed by atoms with van der Waals surface area (Å²) in [7, 11) is 0. The fourth-order valence-corrected chi connectivity index (χ4v) is 4.70. The molecule has 5 rings (SSSR count). The number of hydrogen-bond acceptors (Lipinski definition) is 5. The SMILES string of the molecule is CC1=C(c2cccc(O)c2)[C@@H](c2ccc(OCCN3CC(C(F)F)C3)cc2)Oc2ccc(O)cc21. The normalized spacial score (nSPS) is 18.2. The fourth-order valence-electron chi connectivity index (χ4n) is 4.70. The Morgan fingerprint density at radius 1 is 1.00 bits per heavy atom. The first-order valence-corrected chi connectivity index (χ1v) is 11.6. The highest BCUT2D eigenvalue weighted by Gasteiger charge is 2.33. The van der Waals surface area contributed by atoms with E-state index in [4.69, 9.17) is 9.47 Å². The number of phenolic OH excluding ortho intramolecular Hbond substituents is 2. The van der Waals surface area contributed by atoms with Crippen molar-refractivity contribution in [1.29, 1.82) is 0 Å². The molecule has 1 fully saturated rings. The number of phenols is 2. The van der Waals surface area contributed by atoms with Crippen LogP contribution in [0.2, 0.25) is 0 Å². The highest BCUT2D eigenvalue weighted by Crippen LogP contribution is 2.47. The van der Waals surface area contributed by atoms with Gasteiger partial charge in [0.15, 0.2) is 0 Å². The molecule has 0 aromatic heterocycles. The zero-order valence-electron chi connectivity index (χ0n) is 19.3.